The average molecular weight is 420 g/mol. The van der Waals surface area contributed by atoms with Crippen molar-refractivity contribution in [2.45, 2.75) is 84.2 Å². The van der Waals surface area contributed by atoms with Gasteiger partial charge < -0.3 is 9.16 Å². The summed E-state index contributed by atoms with van der Waals surface area (Å²) in [7, 11) is -1.99. The molecular weight excluding hydrogens is 382 g/mol. The molecule has 0 spiro atoms. The van der Waals surface area contributed by atoms with Crippen LogP contribution in [0.15, 0.2) is 30.3 Å². The second-order valence-corrected chi connectivity index (χ2v) is 15.3. The number of ether oxygens (including phenoxy) is 1. The number of nitrogens with zero attached hydrogens (tertiary/aromatic N) is 1. The summed E-state index contributed by atoms with van der Waals surface area (Å²) in [4.78, 5) is 27.3. The van der Waals surface area contributed by atoms with Crippen molar-refractivity contribution in [2.24, 2.45) is 5.92 Å². The van der Waals surface area contributed by atoms with E-state index in [1.165, 1.54) is 4.90 Å². The van der Waals surface area contributed by atoms with Crippen LogP contribution in [0.4, 0.5) is 4.79 Å². The molecule has 1 saturated heterocycles. The van der Waals surface area contributed by atoms with E-state index < -0.39 is 20.0 Å². The second kappa shape index (κ2) is 8.60. The number of hydrogen-bond acceptors (Lipinski definition) is 4. The molecule has 0 N–H and O–H groups in total. The summed E-state index contributed by atoms with van der Waals surface area (Å²) in [6, 6.07) is 9.65. The van der Waals surface area contributed by atoms with Gasteiger partial charge in [0.25, 0.3) is 0 Å². The van der Waals surface area contributed by atoms with Crippen LogP contribution >= 0.6 is 0 Å². The zero-order chi connectivity index (χ0) is 22.0. The zero-order valence-corrected chi connectivity index (χ0v) is 20.2. The minimum atomic E-state index is -1.99. The van der Waals surface area contributed by atoms with E-state index in [2.05, 4.69) is 33.9 Å². The molecule has 6 heteroatoms. The lowest BCUT2D eigenvalue weighted by Gasteiger charge is -2.37. The van der Waals surface area contributed by atoms with Crippen molar-refractivity contribution < 1.29 is 18.8 Å². The van der Waals surface area contributed by atoms with E-state index in [-0.39, 0.29) is 22.9 Å². The number of amides is 2. The van der Waals surface area contributed by atoms with Gasteiger partial charge in [-0.25, -0.2) is 9.69 Å². The molecule has 1 aliphatic heterocycles. The molecule has 5 nitrogen and oxygen atoms in total. The highest BCUT2D eigenvalue weighted by molar-refractivity contribution is 6.74. The molecule has 2 amide bonds. The summed E-state index contributed by atoms with van der Waals surface area (Å²) in [6.07, 6.45) is 0.652. The number of hydrogen-bond donors (Lipinski definition) is 0. The Labute approximate surface area is 176 Å². The van der Waals surface area contributed by atoms with Crippen LogP contribution in [0, 0.1) is 5.92 Å². The van der Waals surface area contributed by atoms with Gasteiger partial charge in [0.05, 0.1) is 12.6 Å². The second-order valence-electron chi connectivity index (χ2n) is 10.5. The van der Waals surface area contributed by atoms with Crippen LogP contribution in [0.25, 0.3) is 0 Å². The number of rotatable bonds is 5. The topological polar surface area (TPSA) is 55.8 Å². The van der Waals surface area contributed by atoms with Crippen LogP contribution in [0.3, 0.4) is 0 Å². The fourth-order valence-electron chi connectivity index (χ4n) is 3.19. The number of imide groups is 1. The molecule has 2 unspecified atom stereocenters. The standard InChI is InChI=1S/C23H37NO4Si/c1-22(2,3)28-21(26)24-19(16-27-29(7,8)23(4,5)6)15-18(20(24)25)14-17-12-10-9-11-13-17/h9-13,18-19H,14-16H2,1-8H3. The number of carbonyl (C=O) groups excluding carboxylic acids is 2. The summed E-state index contributed by atoms with van der Waals surface area (Å²) in [5.74, 6) is -0.398. The normalized spacial score (nSPS) is 20.8. The molecule has 29 heavy (non-hydrogen) atoms. The Balaban J connectivity index is 2.20. The van der Waals surface area contributed by atoms with Crippen molar-refractivity contribution in [3.63, 3.8) is 0 Å². The van der Waals surface area contributed by atoms with Gasteiger partial charge in [0.1, 0.15) is 5.60 Å². The first-order valence-electron chi connectivity index (χ1n) is 10.5. The van der Waals surface area contributed by atoms with Crippen LogP contribution in [-0.4, -0.2) is 43.5 Å². The third kappa shape index (κ3) is 6.16. The number of carbonyl (C=O) groups is 2. The summed E-state index contributed by atoms with van der Waals surface area (Å²) in [5.41, 5.74) is 0.445. The van der Waals surface area contributed by atoms with E-state index in [1.807, 2.05) is 51.1 Å². The first-order chi connectivity index (χ1) is 13.2. The molecule has 0 aliphatic carbocycles. The van der Waals surface area contributed by atoms with Crippen LogP contribution < -0.4 is 0 Å². The highest BCUT2D eigenvalue weighted by atomic mass is 28.4. The van der Waals surface area contributed by atoms with Gasteiger partial charge in [-0.2, -0.15) is 0 Å². The predicted octanol–water partition coefficient (Wildman–Crippen LogP) is 5.40. The fourth-order valence-corrected chi connectivity index (χ4v) is 4.24. The molecule has 162 valence electrons. The van der Waals surface area contributed by atoms with Crippen molar-refractivity contribution in [1.82, 2.24) is 4.90 Å². The Morgan fingerprint density at radius 2 is 1.69 bits per heavy atom. The number of benzene rings is 1. The Morgan fingerprint density at radius 3 is 2.21 bits per heavy atom. The van der Waals surface area contributed by atoms with E-state index in [1.54, 1.807) is 0 Å². The molecule has 2 atom stereocenters. The van der Waals surface area contributed by atoms with E-state index >= 15 is 0 Å². The molecule has 1 heterocycles. The van der Waals surface area contributed by atoms with Gasteiger partial charge in [-0.05, 0) is 57.3 Å². The molecular formula is C23H37NO4Si. The molecule has 0 radical (unpaired) electrons. The van der Waals surface area contributed by atoms with Crippen LogP contribution in [0.1, 0.15) is 53.5 Å². The van der Waals surface area contributed by atoms with Gasteiger partial charge in [-0.3, -0.25) is 4.79 Å². The minimum absolute atomic E-state index is 0.0653. The predicted molar refractivity (Wildman–Crippen MR) is 118 cm³/mol. The Morgan fingerprint density at radius 1 is 1.10 bits per heavy atom. The van der Waals surface area contributed by atoms with Crippen LogP contribution in [-0.2, 0) is 20.4 Å². The highest BCUT2D eigenvalue weighted by Gasteiger charge is 2.46. The molecule has 1 aliphatic rings. The summed E-state index contributed by atoms with van der Waals surface area (Å²) in [6.45, 7) is 16.7. The molecule has 1 aromatic rings. The number of likely N-dealkylation sites (tertiary alicyclic amines) is 1. The van der Waals surface area contributed by atoms with Crippen molar-refractivity contribution in [1.29, 1.82) is 0 Å². The van der Waals surface area contributed by atoms with E-state index in [4.69, 9.17) is 9.16 Å². The van der Waals surface area contributed by atoms with Gasteiger partial charge in [0, 0.05) is 5.92 Å². The first-order valence-corrected chi connectivity index (χ1v) is 13.4. The fraction of sp³-hybridized carbons (Fsp3) is 0.652. The molecule has 1 aromatic carbocycles. The van der Waals surface area contributed by atoms with Crippen LogP contribution in [0.2, 0.25) is 18.1 Å². The van der Waals surface area contributed by atoms with Crippen LogP contribution in [0.5, 0.6) is 0 Å². The lowest BCUT2D eigenvalue weighted by atomic mass is 9.96. The van der Waals surface area contributed by atoms with Gasteiger partial charge in [0.15, 0.2) is 8.32 Å². The lowest BCUT2D eigenvalue weighted by Crippen LogP contribution is -2.48. The van der Waals surface area contributed by atoms with Gasteiger partial charge >= 0.3 is 6.09 Å². The Bertz CT molecular complexity index is 719. The van der Waals surface area contributed by atoms with Crippen molar-refractivity contribution in [2.75, 3.05) is 6.61 Å². The van der Waals surface area contributed by atoms with E-state index in [9.17, 15) is 9.59 Å². The van der Waals surface area contributed by atoms with Crippen molar-refractivity contribution in [3.8, 4) is 0 Å². The highest BCUT2D eigenvalue weighted by Crippen LogP contribution is 2.38. The van der Waals surface area contributed by atoms with E-state index in [0.717, 1.165) is 5.56 Å². The van der Waals surface area contributed by atoms with Gasteiger partial charge in [0.2, 0.25) is 5.91 Å². The Kier molecular flexibility index (Phi) is 7.00. The largest absolute Gasteiger partial charge is 0.443 e. The van der Waals surface area contributed by atoms with E-state index in [0.29, 0.717) is 19.4 Å². The lowest BCUT2D eigenvalue weighted by molar-refractivity contribution is -0.131. The van der Waals surface area contributed by atoms with Crippen molar-refractivity contribution in [3.05, 3.63) is 35.9 Å². The smallest absolute Gasteiger partial charge is 0.417 e. The average Bonchev–Trinajstić information content (AvgIpc) is 2.87. The molecule has 1 fully saturated rings. The molecule has 0 aromatic heterocycles. The van der Waals surface area contributed by atoms with Gasteiger partial charge in [-0.15, -0.1) is 0 Å². The zero-order valence-electron chi connectivity index (χ0n) is 19.2. The third-order valence-electron chi connectivity index (χ3n) is 5.87. The molecule has 0 bridgehead atoms. The molecule has 0 saturated carbocycles. The summed E-state index contributed by atoms with van der Waals surface area (Å²) in [5, 5.41) is 0.0653. The summed E-state index contributed by atoms with van der Waals surface area (Å²) >= 11 is 0. The Hall–Kier alpha value is -1.66. The quantitative estimate of drug-likeness (QED) is 0.599. The third-order valence-corrected chi connectivity index (χ3v) is 10.4. The maximum Gasteiger partial charge on any atom is 0.417 e. The maximum absolute atomic E-state index is 13.1. The van der Waals surface area contributed by atoms with Gasteiger partial charge in [-0.1, -0.05) is 51.1 Å². The maximum atomic E-state index is 13.1. The van der Waals surface area contributed by atoms with Crippen molar-refractivity contribution >= 4 is 20.3 Å². The molecule has 2 rings (SSSR count). The summed E-state index contributed by atoms with van der Waals surface area (Å²) < 4.78 is 11.9. The monoisotopic (exact) mass is 419 g/mol. The SMILES string of the molecule is CC(C)(C)OC(=O)N1C(=O)C(Cc2ccccc2)CC1CO[Si](C)(C)C(C)(C)C. The minimum Gasteiger partial charge on any atom is -0.443 e. The first kappa shape index (κ1) is 23.6.